The zero-order valence-electron chi connectivity index (χ0n) is 10.0. The fraction of sp³-hybridized carbons (Fsp3) is 0.909. The summed E-state index contributed by atoms with van der Waals surface area (Å²) in [4.78, 5) is 11.3. The first-order valence-corrected chi connectivity index (χ1v) is 5.12. The van der Waals surface area contributed by atoms with Gasteiger partial charge in [-0.05, 0) is 25.7 Å². The average Bonchev–Trinajstić information content (AvgIpc) is 2.02. The molecule has 0 heterocycles. The quantitative estimate of drug-likeness (QED) is 0.693. The highest BCUT2D eigenvalue weighted by Crippen LogP contribution is 2.37. The molecule has 0 aliphatic carbocycles. The largest absolute Gasteiger partial charge is 0.469 e. The molecule has 0 bridgehead atoms. The molecule has 3 nitrogen and oxygen atoms in total. The summed E-state index contributed by atoms with van der Waals surface area (Å²) in [6, 6.07) is 0. The lowest BCUT2D eigenvalue weighted by molar-refractivity contribution is -0.144. The molecule has 0 saturated carbocycles. The van der Waals surface area contributed by atoms with E-state index in [1.54, 1.807) is 0 Å². The van der Waals surface area contributed by atoms with Gasteiger partial charge in [-0.25, -0.2) is 0 Å². The van der Waals surface area contributed by atoms with Crippen LogP contribution in [0.15, 0.2) is 0 Å². The number of carbonyl (C=O) groups excluding carboxylic acids is 1. The van der Waals surface area contributed by atoms with E-state index in [2.05, 4.69) is 6.92 Å². The second-order valence-electron chi connectivity index (χ2n) is 4.79. The van der Waals surface area contributed by atoms with E-state index < -0.39 is 0 Å². The first-order chi connectivity index (χ1) is 6.27. The van der Waals surface area contributed by atoms with Gasteiger partial charge in [-0.15, -0.1) is 0 Å². The lowest BCUT2D eigenvalue weighted by atomic mass is 9.68. The Labute approximate surface area is 87.0 Å². The van der Waals surface area contributed by atoms with Gasteiger partial charge in [0.15, 0.2) is 0 Å². The molecule has 0 aromatic rings. The Morgan fingerprint density at radius 1 is 1.36 bits per heavy atom. The molecule has 0 aliphatic heterocycles. The molecule has 0 rings (SSSR count). The Hall–Kier alpha value is -0.570. The lowest BCUT2D eigenvalue weighted by Gasteiger charge is -2.41. The molecule has 84 valence electrons. The summed E-state index contributed by atoms with van der Waals surface area (Å²) in [6.07, 6.45) is 2.35. The second-order valence-corrected chi connectivity index (χ2v) is 4.79. The Kier molecular flexibility index (Phi) is 4.59. The maximum atomic E-state index is 11.3. The third kappa shape index (κ3) is 3.29. The Bertz CT molecular complexity index is 196. The van der Waals surface area contributed by atoms with Crippen LogP contribution in [0.4, 0.5) is 0 Å². The van der Waals surface area contributed by atoms with Crippen LogP contribution in [0.2, 0.25) is 0 Å². The van der Waals surface area contributed by atoms with Crippen molar-refractivity contribution in [3.8, 4) is 0 Å². The monoisotopic (exact) mass is 201 g/mol. The van der Waals surface area contributed by atoms with E-state index in [9.17, 15) is 4.79 Å². The van der Waals surface area contributed by atoms with Gasteiger partial charge in [0, 0.05) is 5.54 Å². The van der Waals surface area contributed by atoms with Gasteiger partial charge >= 0.3 is 5.97 Å². The predicted molar refractivity (Wildman–Crippen MR) is 57.9 cm³/mol. The number of hydrogen-bond donors (Lipinski definition) is 1. The number of esters is 1. The van der Waals surface area contributed by atoms with Crippen LogP contribution in [-0.2, 0) is 9.53 Å². The maximum absolute atomic E-state index is 11.3. The molecule has 0 aromatic carbocycles. The highest BCUT2D eigenvalue weighted by atomic mass is 16.5. The molecule has 14 heavy (non-hydrogen) atoms. The van der Waals surface area contributed by atoms with Gasteiger partial charge in [-0.3, -0.25) is 4.79 Å². The van der Waals surface area contributed by atoms with E-state index in [-0.39, 0.29) is 16.9 Å². The van der Waals surface area contributed by atoms with Gasteiger partial charge in [0.25, 0.3) is 0 Å². The molecule has 2 N–H and O–H groups in total. The summed E-state index contributed by atoms with van der Waals surface area (Å²) in [7, 11) is 1.41. The van der Waals surface area contributed by atoms with Gasteiger partial charge in [-0.2, -0.15) is 0 Å². The van der Waals surface area contributed by atoms with Gasteiger partial charge in [-0.1, -0.05) is 20.3 Å². The number of ether oxygens (including phenoxy) is 1. The standard InChI is InChI=1S/C11H23NO2/c1-6-7-11(4,10(2,3)12)8-9(13)14-5/h6-8,12H2,1-5H3. The van der Waals surface area contributed by atoms with E-state index in [1.807, 2.05) is 20.8 Å². The minimum atomic E-state index is -0.364. The van der Waals surface area contributed by atoms with Crippen LogP contribution in [0.1, 0.15) is 47.0 Å². The van der Waals surface area contributed by atoms with Crippen LogP contribution in [0.3, 0.4) is 0 Å². The van der Waals surface area contributed by atoms with E-state index in [0.29, 0.717) is 6.42 Å². The first kappa shape index (κ1) is 13.4. The van der Waals surface area contributed by atoms with Crippen molar-refractivity contribution < 1.29 is 9.53 Å². The summed E-state index contributed by atoms with van der Waals surface area (Å²) >= 11 is 0. The van der Waals surface area contributed by atoms with Crippen LogP contribution in [0, 0.1) is 5.41 Å². The summed E-state index contributed by atoms with van der Waals surface area (Å²) in [5.41, 5.74) is 5.55. The molecule has 0 aromatic heterocycles. The fourth-order valence-electron chi connectivity index (χ4n) is 1.58. The van der Waals surface area contributed by atoms with Gasteiger partial charge in [0.05, 0.1) is 13.5 Å². The molecule has 1 atom stereocenters. The Morgan fingerprint density at radius 2 is 1.86 bits per heavy atom. The minimum Gasteiger partial charge on any atom is -0.469 e. The molecule has 0 aliphatic rings. The topological polar surface area (TPSA) is 52.3 Å². The van der Waals surface area contributed by atoms with E-state index in [4.69, 9.17) is 10.5 Å². The molecular weight excluding hydrogens is 178 g/mol. The van der Waals surface area contributed by atoms with Gasteiger partial charge in [0.2, 0.25) is 0 Å². The van der Waals surface area contributed by atoms with Crippen LogP contribution < -0.4 is 5.73 Å². The van der Waals surface area contributed by atoms with Crippen LogP contribution in [0.5, 0.6) is 0 Å². The van der Waals surface area contributed by atoms with E-state index >= 15 is 0 Å². The van der Waals surface area contributed by atoms with Crippen molar-refractivity contribution in [2.75, 3.05) is 7.11 Å². The second kappa shape index (κ2) is 4.78. The molecule has 0 spiro atoms. The number of hydrogen-bond acceptors (Lipinski definition) is 3. The zero-order valence-corrected chi connectivity index (χ0v) is 10.0. The van der Waals surface area contributed by atoms with Crippen LogP contribution in [0.25, 0.3) is 0 Å². The molecule has 3 heteroatoms. The van der Waals surface area contributed by atoms with Gasteiger partial charge < -0.3 is 10.5 Å². The van der Waals surface area contributed by atoms with Crippen molar-refractivity contribution in [1.29, 1.82) is 0 Å². The van der Waals surface area contributed by atoms with Crippen molar-refractivity contribution in [2.24, 2.45) is 11.1 Å². The van der Waals surface area contributed by atoms with Gasteiger partial charge in [0.1, 0.15) is 0 Å². The lowest BCUT2D eigenvalue weighted by Crippen LogP contribution is -2.50. The smallest absolute Gasteiger partial charge is 0.306 e. The molecule has 0 saturated heterocycles. The van der Waals surface area contributed by atoms with Crippen molar-refractivity contribution in [2.45, 2.75) is 52.5 Å². The van der Waals surface area contributed by atoms with Crippen LogP contribution >= 0.6 is 0 Å². The van der Waals surface area contributed by atoms with Crippen molar-refractivity contribution in [1.82, 2.24) is 0 Å². The van der Waals surface area contributed by atoms with Crippen molar-refractivity contribution in [3.05, 3.63) is 0 Å². The molecule has 1 unspecified atom stereocenters. The van der Waals surface area contributed by atoms with Crippen molar-refractivity contribution >= 4 is 5.97 Å². The highest BCUT2D eigenvalue weighted by molar-refractivity contribution is 5.70. The molecular formula is C11H23NO2. The normalized spacial score (nSPS) is 16.1. The Balaban J connectivity index is 4.64. The molecule has 0 radical (unpaired) electrons. The fourth-order valence-corrected chi connectivity index (χ4v) is 1.58. The molecule has 0 amide bonds. The third-order valence-electron chi connectivity index (χ3n) is 3.12. The number of methoxy groups -OCH3 is 1. The number of carbonyl (C=O) groups is 1. The average molecular weight is 201 g/mol. The van der Waals surface area contributed by atoms with E-state index in [0.717, 1.165) is 12.8 Å². The summed E-state index contributed by atoms with van der Waals surface area (Å²) < 4.78 is 4.69. The maximum Gasteiger partial charge on any atom is 0.306 e. The number of nitrogens with two attached hydrogens (primary N) is 1. The Morgan fingerprint density at radius 3 is 2.14 bits per heavy atom. The third-order valence-corrected chi connectivity index (χ3v) is 3.12. The summed E-state index contributed by atoms with van der Waals surface area (Å²) in [5.74, 6) is -0.181. The SMILES string of the molecule is CCCC(C)(CC(=O)OC)C(C)(C)N. The summed E-state index contributed by atoms with van der Waals surface area (Å²) in [5, 5.41) is 0. The highest BCUT2D eigenvalue weighted by Gasteiger charge is 2.39. The van der Waals surface area contributed by atoms with E-state index in [1.165, 1.54) is 7.11 Å². The van der Waals surface area contributed by atoms with Crippen molar-refractivity contribution in [3.63, 3.8) is 0 Å². The predicted octanol–water partition coefficient (Wildman–Crippen LogP) is 2.09. The summed E-state index contributed by atoms with van der Waals surface area (Å²) in [6.45, 7) is 8.08. The molecule has 0 fully saturated rings. The van der Waals surface area contributed by atoms with Crippen LogP contribution in [-0.4, -0.2) is 18.6 Å². The number of rotatable bonds is 5. The first-order valence-electron chi connectivity index (χ1n) is 5.12. The minimum absolute atomic E-state index is 0.181. The zero-order chi connectivity index (χ0) is 11.4.